The monoisotopic (exact) mass is 297 g/mol. The van der Waals surface area contributed by atoms with Crippen LogP contribution in [0.5, 0.6) is 0 Å². The minimum Gasteiger partial charge on any atom is -0.332 e. The van der Waals surface area contributed by atoms with Gasteiger partial charge in [-0.3, -0.25) is 9.48 Å². The number of aryl methyl sites for hydroxylation is 2. The molecule has 0 spiro atoms. The topological polar surface area (TPSA) is 64.7 Å². The molecule has 2 rings (SSSR count). The van der Waals surface area contributed by atoms with E-state index < -0.39 is 17.7 Å². The van der Waals surface area contributed by atoms with E-state index in [4.69, 9.17) is 0 Å². The fraction of sp³-hybridized carbons (Fsp3) is 0.462. The molecule has 0 saturated carbocycles. The van der Waals surface area contributed by atoms with Gasteiger partial charge in [-0.15, -0.1) is 0 Å². The SMILES string of the molecule is CC(C)c1nn(C)cc1NC(=O)C(F)(F)c1nccn1C. The summed E-state index contributed by atoms with van der Waals surface area (Å²) in [5, 5.41) is 6.40. The molecular weight excluding hydrogens is 280 g/mol. The van der Waals surface area contributed by atoms with Gasteiger partial charge in [0, 0.05) is 32.7 Å². The second-order valence-corrected chi connectivity index (χ2v) is 5.15. The van der Waals surface area contributed by atoms with Crippen LogP contribution in [0.15, 0.2) is 18.6 Å². The molecule has 0 aromatic carbocycles. The molecule has 1 amide bonds. The maximum absolute atomic E-state index is 14.1. The third-order valence-corrected chi connectivity index (χ3v) is 3.04. The van der Waals surface area contributed by atoms with E-state index in [2.05, 4.69) is 15.4 Å². The van der Waals surface area contributed by atoms with Crippen LogP contribution in [0.25, 0.3) is 0 Å². The molecule has 21 heavy (non-hydrogen) atoms. The summed E-state index contributed by atoms with van der Waals surface area (Å²) in [5.74, 6) is -5.74. The summed E-state index contributed by atoms with van der Waals surface area (Å²) in [5.41, 5.74) is 0.841. The molecule has 0 bridgehead atoms. The lowest BCUT2D eigenvalue weighted by Gasteiger charge is -2.16. The number of alkyl halides is 2. The molecule has 8 heteroatoms. The summed E-state index contributed by atoms with van der Waals surface area (Å²) < 4.78 is 30.9. The van der Waals surface area contributed by atoms with Crippen molar-refractivity contribution in [2.24, 2.45) is 14.1 Å². The third kappa shape index (κ3) is 2.79. The first-order chi connectivity index (χ1) is 9.73. The van der Waals surface area contributed by atoms with Crippen molar-refractivity contribution in [3.63, 3.8) is 0 Å². The number of carbonyl (C=O) groups is 1. The summed E-state index contributed by atoms with van der Waals surface area (Å²) in [4.78, 5) is 15.5. The van der Waals surface area contributed by atoms with Crippen molar-refractivity contribution < 1.29 is 13.6 Å². The van der Waals surface area contributed by atoms with Crippen LogP contribution in [-0.2, 0) is 24.8 Å². The van der Waals surface area contributed by atoms with E-state index in [1.165, 1.54) is 30.3 Å². The lowest BCUT2D eigenvalue weighted by Crippen LogP contribution is -2.34. The standard InChI is InChI=1S/C13H17F2N5O/c1-8(2)10-9(7-20(4)18-10)17-12(21)13(14,15)11-16-5-6-19(11)3/h5-8H,1-4H3,(H,17,21). The zero-order valence-electron chi connectivity index (χ0n) is 12.3. The number of carbonyl (C=O) groups excluding carboxylic acids is 1. The second kappa shape index (κ2) is 5.27. The number of anilines is 1. The Balaban J connectivity index is 2.28. The Morgan fingerprint density at radius 3 is 2.57 bits per heavy atom. The van der Waals surface area contributed by atoms with Crippen molar-refractivity contribution in [2.45, 2.75) is 25.7 Å². The number of rotatable bonds is 4. The minimum absolute atomic E-state index is 0.00304. The summed E-state index contributed by atoms with van der Waals surface area (Å²) >= 11 is 0. The Morgan fingerprint density at radius 2 is 2.05 bits per heavy atom. The minimum atomic E-state index is -3.72. The van der Waals surface area contributed by atoms with Crippen LogP contribution in [0.2, 0.25) is 0 Å². The van der Waals surface area contributed by atoms with E-state index in [0.29, 0.717) is 5.69 Å². The first-order valence-corrected chi connectivity index (χ1v) is 6.44. The first kappa shape index (κ1) is 15.1. The van der Waals surface area contributed by atoms with E-state index >= 15 is 0 Å². The highest BCUT2D eigenvalue weighted by atomic mass is 19.3. The molecule has 114 valence electrons. The van der Waals surface area contributed by atoms with E-state index in [-0.39, 0.29) is 11.6 Å². The van der Waals surface area contributed by atoms with Gasteiger partial charge in [0.2, 0.25) is 0 Å². The second-order valence-electron chi connectivity index (χ2n) is 5.15. The van der Waals surface area contributed by atoms with Gasteiger partial charge in [0.1, 0.15) is 0 Å². The van der Waals surface area contributed by atoms with Crippen LogP contribution >= 0.6 is 0 Å². The van der Waals surface area contributed by atoms with Crippen LogP contribution in [0.3, 0.4) is 0 Å². The number of hydrogen-bond donors (Lipinski definition) is 1. The van der Waals surface area contributed by atoms with Gasteiger partial charge in [-0.2, -0.15) is 13.9 Å². The molecule has 6 nitrogen and oxygen atoms in total. The van der Waals surface area contributed by atoms with Gasteiger partial charge in [0.25, 0.3) is 0 Å². The third-order valence-electron chi connectivity index (χ3n) is 3.04. The lowest BCUT2D eigenvalue weighted by atomic mass is 10.1. The maximum Gasteiger partial charge on any atom is 0.381 e. The Labute approximate surface area is 120 Å². The van der Waals surface area contributed by atoms with Gasteiger partial charge in [-0.25, -0.2) is 4.98 Å². The molecule has 0 fully saturated rings. The van der Waals surface area contributed by atoms with Gasteiger partial charge in [-0.05, 0) is 5.92 Å². The first-order valence-electron chi connectivity index (χ1n) is 6.44. The molecular formula is C13H17F2N5O. The summed E-state index contributed by atoms with van der Waals surface area (Å²) in [6, 6.07) is 0. The van der Waals surface area contributed by atoms with E-state index in [9.17, 15) is 13.6 Å². The average molecular weight is 297 g/mol. The molecule has 2 heterocycles. The van der Waals surface area contributed by atoms with Gasteiger partial charge in [-0.1, -0.05) is 13.8 Å². The summed E-state index contributed by atoms with van der Waals surface area (Å²) in [6.45, 7) is 3.74. The van der Waals surface area contributed by atoms with Gasteiger partial charge in [0.05, 0.1) is 11.4 Å². The molecule has 1 N–H and O–H groups in total. The highest BCUT2D eigenvalue weighted by Crippen LogP contribution is 2.29. The van der Waals surface area contributed by atoms with Crippen LogP contribution in [0, 0.1) is 0 Å². The average Bonchev–Trinajstić information content (AvgIpc) is 2.95. The highest BCUT2D eigenvalue weighted by molar-refractivity contribution is 5.96. The number of amides is 1. The fourth-order valence-corrected chi connectivity index (χ4v) is 2.00. The predicted molar refractivity (Wildman–Crippen MR) is 73.0 cm³/mol. The Morgan fingerprint density at radius 1 is 1.38 bits per heavy atom. The Kier molecular flexibility index (Phi) is 3.80. The van der Waals surface area contributed by atoms with Gasteiger partial charge < -0.3 is 9.88 Å². The van der Waals surface area contributed by atoms with Crippen LogP contribution in [-0.4, -0.2) is 25.2 Å². The van der Waals surface area contributed by atoms with Gasteiger partial charge in [0.15, 0.2) is 5.82 Å². The smallest absolute Gasteiger partial charge is 0.332 e. The van der Waals surface area contributed by atoms with Crippen LogP contribution < -0.4 is 5.32 Å². The number of aromatic nitrogens is 4. The van der Waals surface area contributed by atoms with Crippen molar-refractivity contribution >= 4 is 11.6 Å². The number of nitrogens with zero attached hydrogens (tertiary/aromatic N) is 4. The zero-order valence-corrected chi connectivity index (χ0v) is 12.3. The largest absolute Gasteiger partial charge is 0.381 e. The normalized spacial score (nSPS) is 12.0. The Hall–Kier alpha value is -2.25. The molecule has 0 aliphatic heterocycles. The summed E-state index contributed by atoms with van der Waals surface area (Å²) in [6.07, 6.45) is 4.09. The summed E-state index contributed by atoms with van der Waals surface area (Å²) in [7, 11) is 3.07. The lowest BCUT2D eigenvalue weighted by molar-refractivity contribution is -0.142. The van der Waals surface area contributed by atoms with Crippen molar-refractivity contribution in [2.75, 3.05) is 5.32 Å². The Bertz CT molecular complexity index is 659. The van der Waals surface area contributed by atoms with Crippen molar-refractivity contribution in [3.05, 3.63) is 30.1 Å². The fourth-order valence-electron chi connectivity index (χ4n) is 2.00. The predicted octanol–water partition coefficient (Wildman–Crippen LogP) is 2.01. The molecule has 0 unspecified atom stereocenters. The number of halogens is 2. The zero-order chi connectivity index (χ0) is 15.8. The van der Waals surface area contributed by atoms with Crippen molar-refractivity contribution in [1.82, 2.24) is 19.3 Å². The highest BCUT2D eigenvalue weighted by Gasteiger charge is 2.45. The van der Waals surface area contributed by atoms with Crippen molar-refractivity contribution in [1.29, 1.82) is 0 Å². The molecule has 0 saturated heterocycles. The molecule has 0 aliphatic rings. The maximum atomic E-state index is 14.1. The number of hydrogen-bond acceptors (Lipinski definition) is 3. The number of imidazole rings is 1. The van der Waals surface area contributed by atoms with E-state index in [1.54, 1.807) is 7.05 Å². The molecule has 0 aliphatic carbocycles. The molecule has 2 aromatic heterocycles. The molecule has 0 atom stereocenters. The quantitative estimate of drug-likeness (QED) is 0.939. The molecule has 0 radical (unpaired) electrons. The van der Waals surface area contributed by atoms with Crippen LogP contribution in [0.4, 0.5) is 14.5 Å². The van der Waals surface area contributed by atoms with E-state index in [0.717, 1.165) is 4.57 Å². The number of nitrogens with one attached hydrogen (secondary N) is 1. The van der Waals surface area contributed by atoms with Crippen LogP contribution in [0.1, 0.15) is 31.3 Å². The van der Waals surface area contributed by atoms with Crippen molar-refractivity contribution in [3.8, 4) is 0 Å². The van der Waals surface area contributed by atoms with Gasteiger partial charge >= 0.3 is 11.8 Å². The van der Waals surface area contributed by atoms with E-state index in [1.807, 2.05) is 13.8 Å². The molecule has 2 aromatic rings.